The van der Waals surface area contributed by atoms with E-state index in [1.165, 1.54) is 5.69 Å². The molecule has 1 aliphatic rings. The summed E-state index contributed by atoms with van der Waals surface area (Å²) in [5, 5.41) is 1.00. The number of hydrogen-bond donors (Lipinski definition) is 2. The highest BCUT2D eigenvalue weighted by Gasteiger charge is 2.26. The zero-order valence-electron chi connectivity index (χ0n) is 13.0. The lowest BCUT2D eigenvalue weighted by Gasteiger charge is -2.17. The van der Waals surface area contributed by atoms with Crippen LogP contribution in [0.15, 0.2) is 18.2 Å². The third kappa shape index (κ3) is 2.31. The van der Waals surface area contributed by atoms with Crippen molar-refractivity contribution in [1.82, 2.24) is 9.99 Å². The first kappa shape index (κ1) is 14.8. The van der Waals surface area contributed by atoms with Crippen molar-refractivity contribution in [3.63, 3.8) is 0 Å². The van der Waals surface area contributed by atoms with Gasteiger partial charge in [-0.2, -0.15) is 0 Å². The number of carbonyl (C=O) groups is 2. The zero-order valence-corrected chi connectivity index (χ0v) is 13.0. The maximum atomic E-state index is 12.1. The van der Waals surface area contributed by atoms with Crippen LogP contribution in [-0.2, 0) is 24.2 Å². The molecule has 0 bridgehead atoms. The predicted molar refractivity (Wildman–Crippen MR) is 85.5 cm³/mol. The number of nitrogens with zero attached hydrogens (tertiary/aromatic N) is 1. The summed E-state index contributed by atoms with van der Waals surface area (Å²) in [5.74, 6) is 5.75. The highest BCUT2D eigenvalue weighted by atomic mass is 16.2. The molecule has 5 nitrogen and oxygen atoms in total. The number of nitrogens with two attached hydrogens (primary N) is 1. The summed E-state index contributed by atoms with van der Waals surface area (Å²) in [4.78, 5) is 24.0. The molecule has 0 unspecified atom stereocenters. The fraction of sp³-hybridized carbons (Fsp3) is 0.412. The number of hydrazine groups is 1. The van der Waals surface area contributed by atoms with Crippen molar-refractivity contribution in [2.45, 2.75) is 39.7 Å². The Kier molecular flexibility index (Phi) is 3.74. The molecule has 1 aliphatic carbocycles. The molecule has 5 heteroatoms. The quantitative estimate of drug-likeness (QED) is 0.517. The van der Waals surface area contributed by atoms with Crippen LogP contribution < -0.4 is 11.3 Å². The summed E-state index contributed by atoms with van der Waals surface area (Å²) >= 11 is 0. The van der Waals surface area contributed by atoms with Crippen LogP contribution in [0.5, 0.6) is 0 Å². The van der Waals surface area contributed by atoms with E-state index in [2.05, 4.69) is 23.8 Å². The molecule has 2 aromatic rings. The Morgan fingerprint density at radius 1 is 1.36 bits per heavy atom. The number of rotatable bonds is 3. The van der Waals surface area contributed by atoms with E-state index in [-0.39, 0.29) is 11.7 Å². The van der Waals surface area contributed by atoms with Gasteiger partial charge in [0.05, 0.1) is 11.1 Å². The minimum absolute atomic E-state index is 0.268. The van der Waals surface area contributed by atoms with Gasteiger partial charge in [0.1, 0.15) is 5.78 Å². The monoisotopic (exact) mass is 299 g/mol. The Bertz CT molecular complexity index is 759. The lowest BCUT2D eigenvalue weighted by atomic mass is 9.94. The van der Waals surface area contributed by atoms with Gasteiger partial charge in [0.25, 0.3) is 5.91 Å². The first-order chi connectivity index (χ1) is 10.5. The average Bonchev–Trinajstić information content (AvgIpc) is 2.79. The Morgan fingerprint density at radius 2 is 2.14 bits per heavy atom. The molecule has 3 rings (SSSR count). The Balaban J connectivity index is 2.32. The number of para-hydroxylation sites is 1. The summed E-state index contributed by atoms with van der Waals surface area (Å²) in [7, 11) is 0. The van der Waals surface area contributed by atoms with Crippen molar-refractivity contribution >= 4 is 22.6 Å². The first-order valence-electron chi connectivity index (χ1n) is 7.68. The number of aromatic nitrogens is 1. The van der Waals surface area contributed by atoms with Crippen LogP contribution in [0.25, 0.3) is 10.9 Å². The Morgan fingerprint density at radius 3 is 2.82 bits per heavy atom. The van der Waals surface area contributed by atoms with Crippen molar-refractivity contribution in [1.29, 1.82) is 0 Å². The van der Waals surface area contributed by atoms with E-state index in [1.807, 2.05) is 12.1 Å². The minimum Gasteiger partial charge on any atom is -0.343 e. The summed E-state index contributed by atoms with van der Waals surface area (Å²) in [6.45, 7) is 5.13. The van der Waals surface area contributed by atoms with Crippen molar-refractivity contribution < 1.29 is 9.59 Å². The normalized spacial score (nSPS) is 14.5. The van der Waals surface area contributed by atoms with Crippen LogP contribution in [0, 0.1) is 5.92 Å². The molecule has 0 saturated heterocycles. The molecule has 1 aromatic heterocycles. The fourth-order valence-corrected chi connectivity index (χ4v) is 3.39. The van der Waals surface area contributed by atoms with E-state index in [0.29, 0.717) is 24.3 Å². The topological polar surface area (TPSA) is 77.1 Å². The number of Topliss-reactive ketones (excluding diaryl/α,β-unsaturated/α-hetero) is 1. The van der Waals surface area contributed by atoms with Crippen molar-refractivity contribution in [3.8, 4) is 0 Å². The van der Waals surface area contributed by atoms with Crippen LogP contribution in [0.4, 0.5) is 0 Å². The third-order valence-electron chi connectivity index (χ3n) is 4.24. The Hall–Kier alpha value is -2.14. The van der Waals surface area contributed by atoms with Gasteiger partial charge in [-0.25, -0.2) is 5.84 Å². The van der Waals surface area contributed by atoms with Gasteiger partial charge in [-0.1, -0.05) is 26.0 Å². The highest BCUT2D eigenvalue weighted by molar-refractivity contribution is 6.07. The van der Waals surface area contributed by atoms with Crippen LogP contribution >= 0.6 is 0 Å². The second-order valence-electron chi connectivity index (χ2n) is 6.32. The lowest BCUT2D eigenvalue weighted by Crippen LogP contribution is -2.30. The van der Waals surface area contributed by atoms with Crippen molar-refractivity contribution in [2.24, 2.45) is 11.8 Å². The summed E-state index contributed by atoms with van der Waals surface area (Å²) in [5.41, 5.74) is 5.97. The number of fused-ring (bicyclic) bond motifs is 3. The van der Waals surface area contributed by atoms with Gasteiger partial charge >= 0.3 is 0 Å². The van der Waals surface area contributed by atoms with Crippen LogP contribution in [0.2, 0.25) is 0 Å². The summed E-state index contributed by atoms with van der Waals surface area (Å²) in [6.07, 6.45) is 1.80. The molecule has 1 aromatic carbocycles. The molecule has 22 heavy (non-hydrogen) atoms. The van der Waals surface area contributed by atoms with Crippen LogP contribution in [0.1, 0.15) is 41.9 Å². The van der Waals surface area contributed by atoms with Crippen LogP contribution in [-0.4, -0.2) is 16.3 Å². The standard InChI is InChI=1S/C17H21N3O2/c1-10(2)9-20-15-7-6-11(21)8-14(15)12-4-3-5-13(16(12)20)17(22)19-18/h3-5,10H,6-9,18H2,1-2H3,(H,19,22). The highest BCUT2D eigenvalue weighted by Crippen LogP contribution is 2.33. The van der Waals surface area contributed by atoms with Gasteiger partial charge < -0.3 is 4.57 Å². The van der Waals surface area contributed by atoms with E-state index in [0.717, 1.165) is 29.4 Å². The van der Waals surface area contributed by atoms with Crippen LogP contribution in [0.3, 0.4) is 0 Å². The first-order valence-corrected chi connectivity index (χ1v) is 7.68. The molecule has 0 atom stereocenters. The van der Waals surface area contributed by atoms with E-state index in [9.17, 15) is 9.59 Å². The molecule has 0 saturated carbocycles. The maximum absolute atomic E-state index is 12.1. The minimum atomic E-state index is -0.295. The summed E-state index contributed by atoms with van der Waals surface area (Å²) in [6, 6.07) is 5.64. The fourth-order valence-electron chi connectivity index (χ4n) is 3.39. The predicted octanol–water partition coefficient (Wildman–Crippen LogP) is 1.96. The number of nitrogens with one attached hydrogen (secondary N) is 1. The zero-order chi connectivity index (χ0) is 15.9. The number of ketones is 1. The van der Waals surface area contributed by atoms with E-state index < -0.39 is 0 Å². The maximum Gasteiger partial charge on any atom is 0.267 e. The molecule has 1 heterocycles. The van der Waals surface area contributed by atoms with E-state index in [1.54, 1.807) is 6.07 Å². The van der Waals surface area contributed by atoms with Gasteiger partial charge in [-0.3, -0.25) is 15.0 Å². The second kappa shape index (κ2) is 5.57. The molecule has 116 valence electrons. The van der Waals surface area contributed by atoms with E-state index in [4.69, 9.17) is 5.84 Å². The molecule has 3 N–H and O–H groups in total. The molecular weight excluding hydrogens is 278 g/mol. The van der Waals surface area contributed by atoms with Gasteiger partial charge in [0.2, 0.25) is 0 Å². The lowest BCUT2D eigenvalue weighted by molar-refractivity contribution is -0.118. The largest absolute Gasteiger partial charge is 0.343 e. The summed E-state index contributed by atoms with van der Waals surface area (Å²) < 4.78 is 2.21. The average molecular weight is 299 g/mol. The number of nitrogen functional groups attached to an aromatic ring is 1. The second-order valence-corrected chi connectivity index (χ2v) is 6.32. The molecule has 0 radical (unpaired) electrons. The Labute approximate surface area is 129 Å². The van der Waals surface area contributed by atoms with Gasteiger partial charge in [0.15, 0.2) is 0 Å². The smallest absolute Gasteiger partial charge is 0.267 e. The number of carbonyl (C=O) groups excluding carboxylic acids is 2. The molecule has 1 amide bonds. The third-order valence-corrected chi connectivity index (χ3v) is 4.24. The molecule has 0 fully saturated rings. The SMILES string of the molecule is CC(C)Cn1c2c(c3cccc(C(=O)NN)c31)CC(=O)CC2. The number of benzene rings is 1. The van der Waals surface area contributed by atoms with Crippen molar-refractivity contribution in [2.75, 3.05) is 0 Å². The van der Waals surface area contributed by atoms with E-state index >= 15 is 0 Å². The van der Waals surface area contributed by atoms with Gasteiger partial charge in [0, 0.05) is 30.5 Å². The van der Waals surface area contributed by atoms with Gasteiger partial charge in [-0.05, 0) is 24.0 Å². The molecule has 0 spiro atoms. The number of amides is 1. The van der Waals surface area contributed by atoms with Crippen molar-refractivity contribution in [3.05, 3.63) is 35.0 Å². The van der Waals surface area contributed by atoms with Gasteiger partial charge in [-0.15, -0.1) is 0 Å². The number of hydrogen-bond acceptors (Lipinski definition) is 3. The molecule has 0 aliphatic heterocycles. The molecular formula is C17H21N3O2.